The number of rotatable bonds is 12. The van der Waals surface area contributed by atoms with Gasteiger partial charge >= 0.3 is 5.97 Å². The summed E-state index contributed by atoms with van der Waals surface area (Å²) in [6, 6.07) is 8.23. The summed E-state index contributed by atoms with van der Waals surface area (Å²) in [5.41, 5.74) is 1.91. The predicted octanol–water partition coefficient (Wildman–Crippen LogP) is 5.22. The number of aliphatic hydroxyl groups is 1. The Morgan fingerprint density at radius 1 is 1.00 bits per heavy atom. The molecule has 0 atom stereocenters. The fourth-order valence-electron chi connectivity index (χ4n) is 4.10. The second-order valence-corrected chi connectivity index (χ2v) is 9.74. The smallest absolute Gasteiger partial charge is 0.322 e. The standard InChI is InChI=1S/C26H37NO5S/c1-7-25(31,8-2)16-32-20-12-11-19(13-17(20)5)26(9-3,10-4)21-14-18(6)23(33-21)24(30)27-15-22(28)29/h11-14,31H,7-10,15-16H2,1-6H3,(H,27,30)(H,28,29). The van der Waals surface area contributed by atoms with E-state index in [1.54, 1.807) is 0 Å². The highest BCUT2D eigenvalue weighted by atomic mass is 32.1. The van der Waals surface area contributed by atoms with Crippen molar-refractivity contribution in [1.29, 1.82) is 0 Å². The summed E-state index contributed by atoms with van der Waals surface area (Å²) in [5, 5.41) is 21.9. The molecule has 7 heteroatoms. The van der Waals surface area contributed by atoms with Gasteiger partial charge in [-0.1, -0.05) is 39.8 Å². The van der Waals surface area contributed by atoms with Crippen LogP contribution in [0.15, 0.2) is 24.3 Å². The van der Waals surface area contributed by atoms with E-state index in [1.807, 2.05) is 33.8 Å². The molecule has 33 heavy (non-hydrogen) atoms. The summed E-state index contributed by atoms with van der Waals surface area (Å²) < 4.78 is 5.98. The van der Waals surface area contributed by atoms with E-state index < -0.39 is 18.1 Å². The average Bonchev–Trinajstić information content (AvgIpc) is 3.19. The first-order valence-corrected chi connectivity index (χ1v) is 12.4. The number of nitrogens with one attached hydrogen (secondary N) is 1. The van der Waals surface area contributed by atoms with Crippen LogP contribution in [0, 0.1) is 13.8 Å². The molecule has 1 amide bonds. The van der Waals surface area contributed by atoms with Gasteiger partial charge in [0.15, 0.2) is 0 Å². The number of hydrogen-bond donors (Lipinski definition) is 3. The Bertz CT molecular complexity index is 973. The molecule has 0 saturated heterocycles. The summed E-state index contributed by atoms with van der Waals surface area (Å²) in [6.45, 7) is 12.0. The number of carboxylic acid groups (broad SMARTS) is 1. The lowest BCUT2D eigenvalue weighted by atomic mass is 9.74. The van der Waals surface area contributed by atoms with Crippen molar-refractivity contribution in [3.8, 4) is 5.75 Å². The van der Waals surface area contributed by atoms with Crippen LogP contribution in [0.5, 0.6) is 5.75 Å². The molecule has 182 valence electrons. The van der Waals surface area contributed by atoms with Crippen LogP contribution in [0.25, 0.3) is 0 Å². The topological polar surface area (TPSA) is 95.9 Å². The number of thiophene rings is 1. The molecule has 2 rings (SSSR count). The first kappa shape index (κ1) is 26.9. The quantitative estimate of drug-likeness (QED) is 0.391. The fraction of sp³-hybridized carbons (Fsp3) is 0.538. The van der Waals surface area contributed by atoms with Crippen LogP contribution < -0.4 is 10.1 Å². The van der Waals surface area contributed by atoms with E-state index in [2.05, 4.69) is 37.4 Å². The van der Waals surface area contributed by atoms with Gasteiger partial charge in [0, 0.05) is 10.3 Å². The molecule has 0 bridgehead atoms. The number of ether oxygens (including phenoxy) is 1. The van der Waals surface area contributed by atoms with Gasteiger partial charge < -0.3 is 20.3 Å². The number of carbonyl (C=O) groups is 2. The average molecular weight is 476 g/mol. The zero-order valence-corrected chi connectivity index (χ0v) is 21.4. The maximum atomic E-state index is 12.5. The summed E-state index contributed by atoms with van der Waals surface area (Å²) in [4.78, 5) is 25.0. The summed E-state index contributed by atoms with van der Waals surface area (Å²) >= 11 is 1.43. The second-order valence-electron chi connectivity index (χ2n) is 8.69. The van der Waals surface area contributed by atoms with Crippen molar-refractivity contribution in [2.45, 2.75) is 78.2 Å². The Morgan fingerprint density at radius 3 is 2.15 bits per heavy atom. The molecule has 3 N–H and O–H groups in total. The van der Waals surface area contributed by atoms with Gasteiger partial charge in [0.2, 0.25) is 0 Å². The highest BCUT2D eigenvalue weighted by molar-refractivity contribution is 7.14. The predicted molar refractivity (Wildman–Crippen MR) is 133 cm³/mol. The van der Waals surface area contributed by atoms with Crippen LogP contribution in [0.1, 0.15) is 84.6 Å². The van der Waals surface area contributed by atoms with E-state index in [4.69, 9.17) is 9.84 Å². The third-order valence-electron chi connectivity index (χ3n) is 6.74. The Hall–Kier alpha value is -2.38. The van der Waals surface area contributed by atoms with E-state index in [1.165, 1.54) is 11.3 Å². The minimum absolute atomic E-state index is 0.256. The van der Waals surface area contributed by atoms with E-state index in [-0.39, 0.29) is 17.9 Å². The molecular formula is C26H37NO5S. The molecular weight excluding hydrogens is 438 g/mol. The largest absolute Gasteiger partial charge is 0.490 e. The Labute approximate surface area is 201 Å². The molecule has 0 radical (unpaired) electrons. The van der Waals surface area contributed by atoms with Gasteiger partial charge in [-0.25, -0.2) is 0 Å². The SMILES string of the molecule is CCC(O)(CC)COc1ccc(C(CC)(CC)c2cc(C)c(C(=O)NCC(=O)O)s2)cc1C. The molecule has 1 aromatic heterocycles. The van der Waals surface area contributed by atoms with Crippen LogP contribution in [0.2, 0.25) is 0 Å². The molecule has 6 nitrogen and oxygen atoms in total. The lowest BCUT2D eigenvalue weighted by Gasteiger charge is -2.32. The zero-order valence-electron chi connectivity index (χ0n) is 20.6. The number of aryl methyl sites for hydroxylation is 2. The maximum Gasteiger partial charge on any atom is 0.322 e. The van der Waals surface area contributed by atoms with Crippen LogP contribution in [-0.4, -0.2) is 40.8 Å². The monoisotopic (exact) mass is 475 g/mol. The van der Waals surface area contributed by atoms with E-state index in [0.717, 1.165) is 40.2 Å². The number of amides is 1. The van der Waals surface area contributed by atoms with Crippen molar-refractivity contribution in [1.82, 2.24) is 5.32 Å². The van der Waals surface area contributed by atoms with Crippen molar-refractivity contribution in [2.24, 2.45) is 0 Å². The van der Waals surface area contributed by atoms with Gasteiger partial charge in [0.1, 0.15) is 18.9 Å². The van der Waals surface area contributed by atoms with Crippen LogP contribution >= 0.6 is 11.3 Å². The molecule has 0 aliphatic carbocycles. The zero-order chi connectivity index (χ0) is 24.8. The van der Waals surface area contributed by atoms with Gasteiger partial charge in [0.25, 0.3) is 5.91 Å². The summed E-state index contributed by atoms with van der Waals surface area (Å²) in [5.74, 6) is -0.661. The number of aliphatic carboxylic acids is 1. The molecule has 0 unspecified atom stereocenters. The van der Waals surface area contributed by atoms with E-state index in [9.17, 15) is 14.7 Å². The van der Waals surface area contributed by atoms with Crippen molar-refractivity contribution >= 4 is 23.2 Å². The van der Waals surface area contributed by atoms with Crippen molar-refractivity contribution in [2.75, 3.05) is 13.2 Å². The number of carboxylic acids is 1. The van der Waals surface area contributed by atoms with Gasteiger partial charge in [0.05, 0.1) is 10.5 Å². The Balaban J connectivity index is 2.37. The Kier molecular flexibility index (Phi) is 9.09. The fourth-order valence-corrected chi connectivity index (χ4v) is 5.55. The number of benzene rings is 1. The molecule has 0 spiro atoms. The number of hydrogen-bond acceptors (Lipinski definition) is 5. The minimum atomic E-state index is -1.07. The van der Waals surface area contributed by atoms with Crippen molar-refractivity contribution in [3.63, 3.8) is 0 Å². The van der Waals surface area contributed by atoms with E-state index >= 15 is 0 Å². The van der Waals surface area contributed by atoms with Gasteiger partial charge in [-0.2, -0.15) is 0 Å². The van der Waals surface area contributed by atoms with Crippen molar-refractivity contribution < 1.29 is 24.5 Å². The Morgan fingerprint density at radius 2 is 1.64 bits per heavy atom. The summed E-state index contributed by atoms with van der Waals surface area (Å²) in [7, 11) is 0. The molecule has 0 aliphatic rings. The highest BCUT2D eigenvalue weighted by Crippen LogP contribution is 2.44. The molecule has 1 heterocycles. The van der Waals surface area contributed by atoms with E-state index in [0.29, 0.717) is 17.7 Å². The normalized spacial score (nSPS) is 12.0. The minimum Gasteiger partial charge on any atom is -0.490 e. The van der Waals surface area contributed by atoms with Gasteiger partial charge in [-0.3, -0.25) is 9.59 Å². The van der Waals surface area contributed by atoms with Crippen LogP contribution in [0.3, 0.4) is 0 Å². The first-order chi connectivity index (χ1) is 15.6. The molecule has 0 aliphatic heterocycles. The molecule has 0 saturated carbocycles. The third-order valence-corrected chi connectivity index (χ3v) is 8.18. The van der Waals surface area contributed by atoms with Crippen LogP contribution in [0.4, 0.5) is 0 Å². The van der Waals surface area contributed by atoms with Crippen molar-refractivity contribution in [3.05, 3.63) is 50.7 Å². The van der Waals surface area contributed by atoms with Gasteiger partial charge in [-0.15, -0.1) is 11.3 Å². The molecule has 0 fully saturated rings. The summed E-state index contributed by atoms with van der Waals surface area (Å²) in [6.07, 6.45) is 2.97. The van der Waals surface area contributed by atoms with Crippen LogP contribution in [-0.2, 0) is 10.2 Å². The highest BCUT2D eigenvalue weighted by Gasteiger charge is 2.34. The maximum absolute atomic E-state index is 12.5. The third kappa shape index (κ3) is 5.95. The molecule has 2 aromatic rings. The van der Waals surface area contributed by atoms with Gasteiger partial charge in [-0.05, 0) is 68.4 Å². The lowest BCUT2D eigenvalue weighted by Crippen LogP contribution is -2.34. The lowest BCUT2D eigenvalue weighted by molar-refractivity contribution is -0.135. The first-order valence-electron chi connectivity index (χ1n) is 11.6. The second kappa shape index (κ2) is 11.2. The molecule has 1 aromatic carbocycles. The number of carbonyl (C=O) groups excluding carboxylic acids is 1.